The van der Waals surface area contributed by atoms with E-state index in [1.165, 1.54) is 0 Å². The summed E-state index contributed by atoms with van der Waals surface area (Å²) in [5, 5.41) is 0. The van der Waals surface area contributed by atoms with Gasteiger partial charge in [-0.1, -0.05) is 32.8 Å². The Hall–Kier alpha value is 0.183. The molecule has 0 aromatic carbocycles. The Balaban J connectivity index is 0.000000490. The Bertz CT molecular complexity index is 144. The van der Waals surface area contributed by atoms with Crippen LogP contribution in [-0.2, 0) is 19.5 Å². The molecule has 38 valence electrons. The zero-order chi connectivity index (χ0) is 5.11. The van der Waals surface area contributed by atoms with Crippen molar-refractivity contribution in [3.05, 3.63) is 23.2 Å². The molecule has 0 aliphatic rings. The van der Waals surface area contributed by atoms with Crippen molar-refractivity contribution in [2.45, 2.75) is 0 Å². The van der Waals surface area contributed by atoms with Crippen LogP contribution in [0.4, 0.5) is 0 Å². The van der Waals surface area contributed by atoms with Gasteiger partial charge in [0.05, 0.1) is 0 Å². The number of rotatable bonds is 0. The van der Waals surface area contributed by atoms with E-state index in [1.54, 1.807) is 12.4 Å². The molecule has 0 saturated carbocycles. The predicted molar refractivity (Wildman–Crippen MR) is 28.6 cm³/mol. The zero-order valence-corrected chi connectivity index (χ0v) is 8.69. The van der Waals surface area contributed by atoms with Crippen molar-refractivity contribution < 1.29 is 19.5 Å². The van der Waals surface area contributed by atoms with Gasteiger partial charge in [-0.2, -0.15) is 0 Å². The summed E-state index contributed by atoms with van der Waals surface area (Å²) in [6.45, 7) is 0. The first-order chi connectivity index (χ1) is 3.39. The third-order valence-corrected chi connectivity index (χ3v) is 0.901. The van der Waals surface area contributed by atoms with E-state index in [4.69, 9.17) is 0 Å². The van der Waals surface area contributed by atoms with E-state index < -0.39 is 0 Å². The minimum atomic E-state index is 0. The van der Waals surface area contributed by atoms with Crippen LogP contribution in [0, 0.1) is 6.33 Å². The van der Waals surface area contributed by atoms with Gasteiger partial charge < -0.3 is 9.97 Å². The van der Waals surface area contributed by atoms with Crippen molar-refractivity contribution in [2.75, 3.05) is 0 Å². The second-order valence-corrected chi connectivity index (χ2v) is 1.92. The smallest absolute Gasteiger partial charge is 0.0213 e. The molecule has 0 fully saturated rings. The van der Waals surface area contributed by atoms with Crippen LogP contribution in [0.5, 0.6) is 0 Å². The van der Waals surface area contributed by atoms with Gasteiger partial charge in [0.15, 0.2) is 0 Å². The zero-order valence-electron chi connectivity index (χ0n) is 4.13. The summed E-state index contributed by atoms with van der Waals surface area (Å²) >= 11 is 3.17. The van der Waals surface area contributed by atoms with E-state index in [1.807, 2.05) is 0 Å². The molecule has 0 aliphatic heterocycles. The average molecular weight is 223 g/mol. The molecule has 2 nitrogen and oxygen atoms in total. The van der Waals surface area contributed by atoms with Crippen molar-refractivity contribution in [3.8, 4) is 0 Å². The third kappa shape index (κ3) is 2.48. The first-order valence-corrected chi connectivity index (χ1v) is 2.52. The van der Waals surface area contributed by atoms with Crippen LogP contribution in [0.15, 0.2) is 16.9 Å². The van der Waals surface area contributed by atoms with E-state index in [0.29, 0.717) is 0 Å². The molecule has 1 aromatic rings. The molecule has 1 heterocycles. The van der Waals surface area contributed by atoms with Gasteiger partial charge in [0.25, 0.3) is 0 Å². The molecule has 0 unspecified atom stereocenters. The maximum absolute atomic E-state index is 3.60. The van der Waals surface area contributed by atoms with Gasteiger partial charge in [-0.15, -0.1) is 0 Å². The molecule has 0 N–H and O–H groups in total. The van der Waals surface area contributed by atoms with E-state index in [2.05, 4.69) is 32.2 Å². The molecule has 1 rings (SSSR count). The van der Waals surface area contributed by atoms with Crippen LogP contribution in [0.3, 0.4) is 0 Å². The summed E-state index contributed by atoms with van der Waals surface area (Å²) < 4.78 is 0.881. The molecule has 4 heteroatoms. The Labute approximate surface area is 68.6 Å². The molecule has 8 heavy (non-hydrogen) atoms. The maximum Gasteiger partial charge on any atom is 0.0213 e. The quantitative estimate of drug-likeness (QED) is 0.485. The summed E-state index contributed by atoms with van der Waals surface area (Å²) in [7, 11) is 0. The fourth-order valence-corrected chi connectivity index (χ4v) is 0.452. The summed E-state index contributed by atoms with van der Waals surface area (Å²) in [6, 6.07) is 0. The fourth-order valence-electron chi connectivity index (χ4n) is 0.248. The van der Waals surface area contributed by atoms with Crippen molar-refractivity contribution >= 4 is 15.9 Å². The number of aromatic nitrogens is 2. The third-order valence-electron chi connectivity index (χ3n) is 0.491. The minimum absolute atomic E-state index is 0. The SMILES string of the molecule is Brc1cn[c-]nc1.[Zn]. The van der Waals surface area contributed by atoms with Gasteiger partial charge in [-0.25, -0.2) is 0 Å². The number of hydrogen-bond donors (Lipinski definition) is 0. The summed E-state index contributed by atoms with van der Waals surface area (Å²) in [6.07, 6.45) is 5.67. The molecule has 0 saturated heterocycles. The number of hydrogen-bond acceptors (Lipinski definition) is 2. The molecule has 0 aliphatic carbocycles. The van der Waals surface area contributed by atoms with Crippen LogP contribution in [0.1, 0.15) is 0 Å². The van der Waals surface area contributed by atoms with Gasteiger partial charge in [-0.05, 0) is 0 Å². The first kappa shape index (κ1) is 8.18. The molecule has 0 radical (unpaired) electrons. The Morgan fingerprint density at radius 3 is 2.12 bits per heavy atom. The van der Waals surface area contributed by atoms with Crippen molar-refractivity contribution in [1.29, 1.82) is 0 Å². The van der Waals surface area contributed by atoms with E-state index >= 15 is 0 Å². The van der Waals surface area contributed by atoms with Gasteiger partial charge in [0, 0.05) is 25.8 Å². The minimum Gasteiger partial charge on any atom is -0.373 e. The molecule has 0 atom stereocenters. The second kappa shape index (κ2) is 4.10. The van der Waals surface area contributed by atoms with Crippen molar-refractivity contribution in [1.82, 2.24) is 9.97 Å². The van der Waals surface area contributed by atoms with Crippen LogP contribution in [0.25, 0.3) is 0 Å². The van der Waals surface area contributed by atoms with E-state index in [-0.39, 0.29) is 19.5 Å². The number of nitrogens with zero attached hydrogens (tertiary/aromatic N) is 2. The largest absolute Gasteiger partial charge is 0.373 e. The summed E-state index contributed by atoms with van der Waals surface area (Å²) in [4.78, 5) is 7.20. The predicted octanol–water partition coefficient (Wildman–Crippen LogP) is 1.04. The Morgan fingerprint density at radius 2 is 1.88 bits per heavy atom. The molecular weight excluding hydrogens is 221 g/mol. The number of halogens is 1. The van der Waals surface area contributed by atoms with E-state index in [0.717, 1.165) is 4.47 Å². The monoisotopic (exact) mass is 221 g/mol. The molecule has 0 spiro atoms. The van der Waals surface area contributed by atoms with Crippen LogP contribution in [-0.4, -0.2) is 9.97 Å². The molecular formula is C4H2BrN2Zn-. The van der Waals surface area contributed by atoms with Crippen LogP contribution < -0.4 is 0 Å². The summed E-state index contributed by atoms with van der Waals surface area (Å²) in [5.41, 5.74) is 0. The molecule has 0 bridgehead atoms. The van der Waals surface area contributed by atoms with Gasteiger partial charge in [0.2, 0.25) is 0 Å². The van der Waals surface area contributed by atoms with Gasteiger partial charge in [0.1, 0.15) is 0 Å². The van der Waals surface area contributed by atoms with Gasteiger partial charge >= 0.3 is 0 Å². The Morgan fingerprint density at radius 1 is 1.38 bits per heavy atom. The van der Waals surface area contributed by atoms with E-state index in [9.17, 15) is 0 Å². The topological polar surface area (TPSA) is 25.8 Å². The summed E-state index contributed by atoms with van der Waals surface area (Å²) in [5.74, 6) is 0. The van der Waals surface area contributed by atoms with Crippen LogP contribution in [0.2, 0.25) is 0 Å². The second-order valence-electron chi connectivity index (χ2n) is 1.00. The van der Waals surface area contributed by atoms with Crippen LogP contribution >= 0.6 is 15.9 Å². The first-order valence-electron chi connectivity index (χ1n) is 1.73. The average Bonchev–Trinajstić information content (AvgIpc) is 1.69. The van der Waals surface area contributed by atoms with Gasteiger partial charge in [-0.3, -0.25) is 0 Å². The standard InChI is InChI=1S/C4H2BrN2.Zn/c5-4-1-6-3-7-2-4;/h1-2H;/q-1;. The normalized spacial score (nSPS) is 7.62. The Kier molecular flexibility index (Phi) is 4.20. The molecule has 1 aromatic heterocycles. The molecule has 0 amide bonds. The van der Waals surface area contributed by atoms with Crippen molar-refractivity contribution in [3.63, 3.8) is 0 Å². The fraction of sp³-hybridized carbons (Fsp3) is 0. The maximum atomic E-state index is 3.60. The van der Waals surface area contributed by atoms with Crippen molar-refractivity contribution in [2.24, 2.45) is 0 Å².